The van der Waals surface area contributed by atoms with Crippen LogP contribution in [-0.4, -0.2) is 33.7 Å². The summed E-state index contributed by atoms with van der Waals surface area (Å²) >= 11 is 0. The Morgan fingerprint density at radius 3 is 2.89 bits per heavy atom. The zero-order valence-electron chi connectivity index (χ0n) is 10.8. The zero-order valence-corrected chi connectivity index (χ0v) is 10.8. The number of hydrogen-bond donors (Lipinski definition) is 0. The quantitative estimate of drug-likeness (QED) is 0.796. The first-order chi connectivity index (χ1) is 8.51. The van der Waals surface area contributed by atoms with Gasteiger partial charge in [0.05, 0.1) is 12.0 Å². The van der Waals surface area contributed by atoms with E-state index in [0.717, 1.165) is 12.1 Å². The molecular weight excluding hydrogens is 228 g/mol. The first kappa shape index (κ1) is 12.7. The van der Waals surface area contributed by atoms with E-state index < -0.39 is 5.54 Å². The number of pyridine rings is 1. The van der Waals surface area contributed by atoms with Crippen LogP contribution in [0.15, 0.2) is 24.4 Å². The van der Waals surface area contributed by atoms with Crippen molar-refractivity contribution in [3.05, 3.63) is 30.1 Å². The van der Waals surface area contributed by atoms with Crippen LogP contribution in [0.5, 0.6) is 0 Å². The fourth-order valence-electron chi connectivity index (χ4n) is 2.32. The van der Waals surface area contributed by atoms with Crippen LogP contribution in [0.25, 0.3) is 0 Å². The summed E-state index contributed by atoms with van der Waals surface area (Å²) in [6, 6.07) is 5.51. The maximum Gasteiger partial charge on any atom is 0.229 e. The lowest BCUT2D eigenvalue weighted by molar-refractivity contribution is -0.147. The van der Waals surface area contributed by atoms with Gasteiger partial charge in [0.15, 0.2) is 5.78 Å². The van der Waals surface area contributed by atoms with Crippen molar-refractivity contribution in [3.8, 4) is 0 Å². The van der Waals surface area contributed by atoms with Crippen LogP contribution in [0.1, 0.15) is 32.4 Å². The second-order valence-corrected chi connectivity index (χ2v) is 5.13. The number of likely N-dealkylation sites (tertiary alicyclic amines) is 1. The largest absolute Gasteiger partial charge is 0.330 e. The van der Waals surface area contributed by atoms with Gasteiger partial charge in [-0.2, -0.15) is 0 Å². The van der Waals surface area contributed by atoms with Crippen molar-refractivity contribution in [2.45, 2.75) is 38.6 Å². The lowest BCUT2D eigenvalue weighted by Crippen LogP contribution is -2.56. The van der Waals surface area contributed by atoms with Crippen LogP contribution in [0.2, 0.25) is 0 Å². The topological polar surface area (TPSA) is 50.3 Å². The minimum absolute atomic E-state index is 0.0215. The molecule has 1 fully saturated rings. The average molecular weight is 246 g/mol. The molecule has 2 rings (SSSR count). The fourth-order valence-corrected chi connectivity index (χ4v) is 2.32. The number of hydrogen-bond acceptors (Lipinski definition) is 3. The molecule has 96 valence electrons. The third-order valence-corrected chi connectivity index (χ3v) is 3.50. The molecule has 0 radical (unpaired) electrons. The van der Waals surface area contributed by atoms with E-state index >= 15 is 0 Å². The van der Waals surface area contributed by atoms with Gasteiger partial charge in [-0.15, -0.1) is 0 Å². The lowest BCUT2D eigenvalue weighted by atomic mass is 9.88. The standard InChI is InChI=1S/C14H18N2O2/c1-14(2)12(17)7-5-9-16(14)13(18)10-11-6-3-4-8-15-11/h3-4,6,8H,5,7,9-10H2,1-2H3. The van der Waals surface area contributed by atoms with Gasteiger partial charge >= 0.3 is 0 Å². The molecule has 0 saturated carbocycles. The van der Waals surface area contributed by atoms with Gasteiger partial charge in [-0.05, 0) is 32.4 Å². The molecule has 0 N–H and O–H groups in total. The van der Waals surface area contributed by atoms with Crippen molar-refractivity contribution in [1.82, 2.24) is 9.88 Å². The molecule has 1 amide bonds. The number of rotatable bonds is 2. The summed E-state index contributed by atoms with van der Waals surface area (Å²) in [6.45, 7) is 4.31. The van der Waals surface area contributed by atoms with Crippen molar-refractivity contribution in [2.75, 3.05) is 6.54 Å². The molecule has 1 saturated heterocycles. The Balaban J connectivity index is 2.11. The highest BCUT2D eigenvalue weighted by atomic mass is 16.2. The minimum atomic E-state index is -0.676. The normalized spacial score (nSPS) is 18.8. The predicted octanol–water partition coefficient (Wildman–Crippen LogP) is 1.59. The van der Waals surface area contributed by atoms with Gasteiger partial charge in [0.1, 0.15) is 0 Å². The molecule has 2 heterocycles. The minimum Gasteiger partial charge on any atom is -0.330 e. The van der Waals surface area contributed by atoms with Crippen LogP contribution < -0.4 is 0 Å². The molecule has 0 bridgehead atoms. The van der Waals surface area contributed by atoms with Gasteiger partial charge in [0.25, 0.3) is 0 Å². The van der Waals surface area contributed by atoms with Gasteiger partial charge in [0.2, 0.25) is 5.91 Å². The third-order valence-electron chi connectivity index (χ3n) is 3.50. The van der Waals surface area contributed by atoms with Crippen molar-refractivity contribution in [1.29, 1.82) is 0 Å². The van der Waals surface area contributed by atoms with E-state index in [1.54, 1.807) is 11.1 Å². The van der Waals surface area contributed by atoms with Crippen molar-refractivity contribution >= 4 is 11.7 Å². The molecule has 4 nitrogen and oxygen atoms in total. The summed E-state index contributed by atoms with van der Waals surface area (Å²) in [7, 11) is 0. The van der Waals surface area contributed by atoms with E-state index in [9.17, 15) is 9.59 Å². The first-order valence-corrected chi connectivity index (χ1v) is 6.25. The maximum absolute atomic E-state index is 12.3. The van der Waals surface area contributed by atoms with Crippen LogP contribution in [0.4, 0.5) is 0 Å². The highest BCUT2D eigenvalue weighted by Crippen LogP contribution is 2.24. The van der Waals surface area contributed by atoms with E-state index in [2.05, 4.69) is 4.98 Å². The molecule has 0 aliphatic carbocycles. The molecule has 1 aromatic rings. The number of carbonyl (C=O) groups excluding carboxylic acids is 2. The van der Waals surface area contributed by atoms with Crippen molar-refractivity contribution in [3.63, 3.8) is 0 Å². The summed E-state index contributed by atoms with van der Waals surface area (Å²) in [5, 5.41) is 0. The third kappa shape index (κ3) is 2.42. The lowest BCUT2D eigenvalue weighted by Gasteiger charge is -2.41. The molecule has 1 aliphatic rings. The van der Waals surface area contributed by atoms with E-state index in [1.807, 2.05) is 32.0 Å². The van der Waals surface area contributed by atoms with E-state index in [-0.39, 0.29) is 18.1 Å². The zero-order chi connectivity index (χ0) is 13.2. The average Bonchev–Trinajstić information content (AvgIpc) is 2.33. The number of carbonyl (C=O) groups is 2. The molecule has 18 heavy (non-hydrogen) atoms. The van der Waals surface area contributed by atoms with Crippen molar-refractivity contribution in [2.24, 2.45) is 0 Å². The molecule has 1 aromatic heterocycles. The number of ketones is 1. The Labute approximate surface area is 107 Å². The van der Waals surface area contributed by atoms with Gasteiger partial charge in [-0.1, -0.05) is 6.07 Å². The SMILES string of the molecule is CC1(C)C(=O)CCCN1C(=O)Cc1ccccn1. The maximum atomic E-state index is 12.3. The summed E-state index contributed by atoms with van der Waals surface area (Å²) in [6.07, 6.45) is 3.27. The molecule has 0 atom stereocenters. The highest BCUT2D eigenvalue weighted by molar-refractivity contribution is 5.93. The Kier molecular flexibility index (Phi) is 3.45. The molecule has 0 unspecified atom stereocenters. The number of amides is 1. The number of piperidine rings is 1. The Morgan fingerprint density at radius 1 is 1.44 bits per heavy atom. The van der Waals surface area contributed by atoms with E-state index in [1.165, 1.54) is 0 Å². The van der Waals surface area contributed by atoms with Crippen LogP contribution >= 0.6 is 0 Å². The smallest absolute Gasteiger partial charge is 0.229 e. The molecule has 4 heteroatoms. The Morgan fingerprint density at radius 2 is 2.22 bits per heavy atom. The Hall–Kier alpha value is -1.71. The monoisotopic (exact) mass is 246 g/mol. The van der Waals surface area contributed by atoms with E-state index in [0.29, 0.717) is 13.0 Å². The number of Topliss-reactive ketones (excluding diaryl/α,β-unsaturated/α-hetero) is 1. The van der Waals surface area contributed by atoms with Gasteiger partial charge < -0.3 is 4.90 Å². The molecule has 0 spiro atoms. The van der Waals surface area contributed by atoms with Gasteiger partial charge in [0, 0.05) is 24.9 Å². The van der Waals surface area contributed by atoms with E-state index in [4.69, 9.17) is 0 Å². The summed E-state index contributed by atoms with van der Waals surface area (Å²) in [5.41, 5.74) is 0.0701. The summed E-state index contributed by atoms with van der Waals surface area (Å²) < 4.78 is 0. The number of aromatic nitrogens is 1. The molecular formula is C14H18N2O2. The Bertz CT molecular complexity index is 454. The summed E-state index contributed by atoms with van der Waals surface area (Å²) in [5.74, 6) is 0.120. The van der Waals surface area contributed by atoms with Gasteiger partial charge in [-0.3, -0.25) is 14.6 Å². The van der Waals surface area contributed by atoms with Crippen LogP contribution in [-0.2, 0) is 16.0 Å². The molecule has 1 aliphatic heterocycles. The van der Waals surface area contributed by atoms with Crippen molar-refractivity contribution < 1.29 is 9.59 Å². The second-order valence-electron chi connectivity index (χ2n) is 5.13. The fraction of sp³-hybridized carbons (Fsp3) is 0.500. The predicted molar refractivity (Wildman–Crippen MR) is 68.0 cm³/mol. The van der Waals surface area contributed by atoms with Gasteiger partial charge in [-0.25, -0.2) is 0 Å². The van der Waals surface area contributed by atoms with Crippen LogP contribution in [0, 0.1) is 0 Å². The molecule has 0 aromatic carbocycles. The first-order valence-electron chi connectivity index (χ1n) is 6.25. The van der Waals surface area contributed by atoms with Crippen LogP contribution in [0.3, 0.4) is 0 Å². The second kappa shape index (κ2) is 4.88. The summed E-state index contributed by atoms with van der Waals surface area (Å²) in [4.78, 5) is 30.0. The highest BCUT2D eigenvalue weighted by Gasteiger charge is 2.39. The number of nitrogens with zero attached hydrogens (tertiary/aromatic N) is 2.